The number of aryl methyl sites for hydroxylation is 1. The largest absolute Gasteiger partial charge is 0.317 e. The molecule has 27 heavy (non-hydrogen) atoms. The van der Waals surface area contributed by atoms with Gasteiger partial charge in [0.1, 0.15) is 0 Å². The second-order valence-electron chi connectivity index (χ2n) is 7.83. The number of likely N-dealkylation sites (tertiary alicyclic amines) is 1. The molecule has 1 aromatic heterocycles. The molecule has 1 atom stereocenters. The minimum Gasteiger partial charge on any atom is -0.317 e. The Morgan fingerprint density at radius 3 is 2.59 bits per heavy atom. The number of hydrogen-bond donors (Lipinski definition) is 0. The van der Waals surface area contributed by atoms with Crippen molar-refractivity contribution in [3.05, 3.63) is 47.8 Å². The number of aromatic nitrogens is 2. The van der Waals surface area contributed by atoms with E-state index in [1.165, 1.54) is 24.8 Å². The summed E-state index contributed by atoms with van der Waals surface area (Å²) in [5.74, 6) is 0. The molecule has 1 aliphatic rings. The zero-order chi connectivity index (χ0) is 19.4. The summed E-state index contributed by atoms with van der Waals surface area (Å²) in [6, 6.07) is 10.7. The van der Waals surface area contributed by atoms with Gasteiger partial charge in [0.2, 0.25) is 15.0 Å². The van der Waals surface area contributed by atoms with E-state index >= 15 is 0 Å². The molecule has 0 saturated carbocycles. The lowest BCUT2D eigenvalue weighted by Crippen LogP contribution is -2.37. The maximum absolute atomic E-state index is 12.8. The van der Waals surface area contributed by atoms with Crippen LogP contribution >= 0.6 is 0 Å². The van der Waals surface area contributed by atoms with Crippen LogP contribution in [-0.2, 0) is 29.3 Å². The minimum atomic E-state index is -3.41. The van der Waals surface area contributed by atoms with Crippen LogP contribution in [0.1, 0.15) is 51.3 Å². The average molecular weight is 390 g/mol. The van der Waals surface area contributed by atoms with Crippen molar-refractivity contribution in [3.8, 4) is 0 Å². The summed E-state index contributed by atoms with van der Waals surface area (Å²) in [5, 5.41) is -0.259. The molecule has 0 amide bonds. The van der Waals surface area contributed by atoms with Crippen LogP contribution < -0.4 is 0 Å². The fourth-order valence-corrected chi connectivity index (χ4v) is 4.82. The second kappa shape index (κ2) is 8.57. The van der Waals surface area contributed by atoms with Gasteiger partial charge in [0.05, 0.1) is 17.1 Å². The maximum atomic E-state index is 12.8. The summed E-state index contributed by atoms with van der Waals surface area (Å²) < 4.78 is 27.6. The Morgan fingerprint density at radius 2 is 1.93 bits per heavy atom. The smallest absolute Gasteiger partial charge is 0.228 e. The van der Waals surface area contributed by atoms with Gasteiger partial charge in [0.15, 0.2) is 0 Å². The topological polar surface area (TPSA) is 55.2 Å². The van der Waals surface area contributed by atoms with E-state index in [4.69, 9.17) is 0 Å². The number of hydrogen-bond acceptors (Lipinski definition) is 4. The summed E-state index contributed by atoms with van der Waals surface area (Å²) in [6.45, 7) is 8.15. The predicted octanol–water partition coefficient (Wildman–Crippen LogP) is 3.68. The molecule has 148 valence electrons. The molecule has 3 rings (SSSR count). The molecule has 0 radical (unpaired) electrons. The molecule has 2 heterocycles. The van der Waals surface area contributed by atoms with Gasteiger partial charge in [-0.3, -0.25) is 4.90 Å². The predicted molar refractivity (Wildman–Crippen MR) is 108 cm³/mol. The highest BCUT2D eigenvalue weighted by Gasteiger charge is 2.28. The van der Waals surface area contributed by atoms with E-state index in [2.05, 4.69) is 28.9 Å². The highest BCUT2D eigenvalue weighted by Crippen LogP contribution is 2.23. The quantitative estimate of drug-likeness (QED) is 0.725. The molecule has 0 bridgehead atoms. The fraction of sp³-hybridized carbons (Fsp3) is 0.571. The number of sulfone groups is 1. The van der Waals surface area contributed by atoms with Crippen LogP contribution in [-0.4, -0.2) is 40.7 Å². The van der Waals surface area contributed by atoms with Crippen molar-refractivity contribution in [3.63, 3.8) is 0 Å². The van der Waals surface area contributed by atoms with Crippen molar-refractivity contribution in [2.75, 3.05) is 6.54 Å². The van der Waals surface area contributed by atoms with Crippen molar-refractivity contribution < 1.29 is 8.42 Å². The normalized spacial score (nSPS) is 18.9. The Balaban J connectivity index is 1.89. The van der Waals surface area contributed by atoms with E-state index < -0.39 is 15.1 Å². The Bertz CT molecular complexity index is 844. The van der Waals surface area contributed by atoms with Crippen molar-refractivity contribution >= 4 is 9.84 Å². The number of benzene rings is 1. The van der Waals surface area contributed by atoms with Crippen LogP contribution in [0.25, 0.3) is 0 Å². The third-order valence-corrected chi connectivity index (χ3v) is 7.63. The molecule has 1 saturated heterocycles. The van der Waals surface area contributed by atoms with E-state index in [-0.39, 0.29) is 5.16 Å². The van der Waals surface area contributed by atoms with Crippen LogP contribution in [0.15, 0.2) is 41.7 Å². The molecule has 1 aromatic carbocycles. The first kappa shape index (κ1) is 20.1. The molecule has 0 aliphatic carbocycles. The fourth-order valence-electron chi connectivity index (χ4n) is 3.68. The van der Waals surface area contributed by atoms with Crippen LogP contribution in [0.5, 0.6) is 0 Å². The number of piperidine rings is 1. The van der Waals surface area contributed by atoms with Crippen LogP contribution in [0.2, 0.25) is 0 Å². The molecule has 5 nitrogen and oxygen atoms in total. The standard InChI is InChI=1S/C21H31N3O2S/c1-17(2)27(25,26)21-22-15-20(16-23-13-8-7-9-18(23)3)24(21)14-12-19-10-5-4-6-11-19/h4-6,10-11,15,17-18H,7-9,12-14,16H2,1-3H3/t18-/m0/s1. The molecular weight excluding hydrogens is 358 g/mol. The van der Waals surface area contributed by atoms with Gasteiger partial charge in [0.25, 0.3) is 0 Å². The Labute approximate surface area is 163 Å². The van der Waals surface area contributed by atoms with Gasteiger partial charge in [-0.2, -0.15) is 0 Å². The van der Waals surface area contributed by atoms with Gasteiger partial charge in [-0.1, -0.05) is 36.8 Å². The van der Waals surface area contributed by atoms with Crippen molar-refractivity contribution in [1.82, 2.24) is 14.5 Å². The van der Waals surface area contributed by atoms with Crippen molar-refractivity contribution in [2.45, 2.75) is 76.0 Å². The van der Waals surface area contributed by atoms with Gasteiger partial charge in [-0.25, -0.2) is 13.4 Å². The summed E-state index contributed by atoms with van der Waals surface area (Å²) in [6.07, 6.45) is 6.24. The first-order valence-electron chi connectivity index (χ1n) is 9.96. The average Bonchev–Trinajstić information content (AvgIpc) is 3.06. The molecule has 2 aromatic rings. The molecule has 0 unspecified atom stereocenters. The molecule has 0 N–H and O–H groups in total. The summed E-state index contributed by atoms with van der Waals surface area (Å²) in [4.78, 5) is 6.81. The van der Waals surface area contributed by atoms with Crippen LogP contribution in [0.4, 0.5) is 0 Å². The van der Waals surface area contributed by atoms with E-state index in [9.17, 15) is 8.42 Å². The minimum absolute atomic E-state index is 0.216. The number of nitrogens with zero attached hydrogens (tertiary/aromatic N) is 3. The zero-order valence-electron chi connectivity index (χ0n) is 16.6. The van der Waals surface area contributed by atoms with Crippen LogP contribution in [0, 0.1) is 0 Å². The first-order valence-corrected chi connectivity index (χ1v) is 11.5. The Kier molecular flexibility index (Phi) is 6.37. The van der Waals surface area contributed by atoms with Gasteiger partial charge in [-0.05, 0) is 52.1 Å². The van der Waals surface area contributed by atoms with Crippen LogP contribution in [0.3, 0.4) is 0 Å². The highest BCUT2D eigenvalue weighted by molar-refractivity contribution is 7.91. The lowest BCUT2D eigenvalue weighted by atomic mass is 10.0. The monoisotopic (exact) mass is 389 g/mol. The third kappa shape index (κ3) is 4.61. The van der Waals surface area contributed by atoms with Crippen molar-refractivity contribution in [1.29, 1.82) is 0 Å². The molecule has 1 aliphatic heterocycles. The number of imidazole rings is 1. The van der Waals surface area contributed by atoms with Gasteiger partial charge in [0, 0.05) is 19.1 Å². The highest BCUT2D eigenvalue weighted by atomic mass is 32.2. The van der Waals surface area contributed by atoms with E-state index in [0.717, 1.165) is 25.2 Å². The summed E-state index contributed by atoms with van der Waals surface area (Å²) >= 11 is 0. The lowest BCUT2D eigenvalue weighted by molar-refractivity contribution is 0.148. The van der Waals surface area contributed by atoms with Gasteiger partial charge >= 0.3 is 0 Å². The third-order valence-electron chi connectivity index (χ3n) is 5.55. The van der Waals surface area contributed by atoms with Gasteiger partial charge < -0.3 is 4.57 Å². The van der Waals surface area contributed by atoms with E-state index in [1.807, 2.05) is 22.8 Å². The zero-order valence-corrected chi connectivity index (χ0v) is 17.5. The van der Waals surface area contributed by atoms with E-state index in [1.54, 1.807) is 20.0 Å². The number of rotatable bonds is 7. The van der Waals surface area contributed by atoms with Gasteiger partial charge in [-0.15, -0.1) is 0 Å². The molecular formula is C21H31N3O2S. The molecule has 6 heteroatoms. The molecule has 1 fully saturated rings. The van der Waals surface area contributed by atoms with E-state index in [0.29, 0.717) is 12.6 Å². The SMILES string of the molecule is CC(C)S(=O)(=O)c1ncc(CN2CCCC[C@@H]2C)n1CCc1ccccc1. The maximum Gasteiger partial charge on any atom is 0.228 e. The van der Waals surface area contributed by atoms with Crippen molar-refractivity contribution in [2.24, 2.45) is 0 Å². The summed E-state index contributed by atoms with van der Waals surface area (Å²) in [5.41, 5.74) is 2.20. The molecule has 0 spiro atoms. The summed E-state index contributed by atoms with van der Waals surface area (Å²) in [7, 11) is -3.41. The lowest BCUT2D eigenvalue weighted by Gasteiger charge is -2.33. The first-order chi connectivity index (χ1) is 12.9. The second-order valence-corrected chi connectivity index (χ2v) is 10.2. The Morgan fingerprint density at radius 1 is 1.19 bits per heavy atom. The Hall–Kier alpha value is -1.66.